The third kappa shape index (κ3) is 6.35. The topological polar surface area (TPSA) is 85.7 Å². The molecule has 4 aromatic carbocycles. The maximum Gasteiger partial charge on any atom is 0.351 e. The van der Waals surface area contributed by atoms with Crippen molar-refractivity contribution in [3.8, 4) is 0 Å². The molecule has 8 nitrogen and oxygen atoms in total. The van der Waals surface area contributed by atoms with Crippen LogP contribution in [0.25, 0.3) is 0 Å². The Morgan fingerprint density at radius 2 is 1.36 bits per heavy atom. The molecule has 0 saturated carbocycles. The fourth-order valence-corrected chi connectivity index (χ4v) is 6.15. The van der Waals surface area contributed by atoms with Crippen LogP contribution in [-0.2, 0) is 15.0 Å². The van der Waals surface area contributed by atoms with Crippen molar-refractivity contribution in [2.75, 3.05) is 31.6 Å². The minimum absolute atomic E-state index is 0.177. The molecule has 1 saturated heterocycles. The van der Waals surface area contributed by atoms with Crippen molar-refractivity contribution in [2.45, 2.75) is 24.8 Å². The Hall–Kier alpha value is -4.89. The predicted molar refractivity (Wildman–Crippen MR) is 174 cm³/mol. The number of hydrogen-bond donors (Lipinski definition) is 1. The van der Waals surface area contributed by atoms with Gasteiger partial charge in [-0.2, -0.15) is 4.98 Å². The molecule has 2 heterocycles. The lowest BCUT2D eigenvalue weighted by Gasteiger charge is -2.50. The van der Waals surface area contributed by atoms with E-state index in [2.05, 4.69) is 88.0 Å². The Labute approximate surface area is 262 Å². The van der Waals surface area contributed by atoms with Gasteiger partial charge in [-0.1, -0.05) is 109 Å². The first-order valence-electron chi connectivity index (χ1n) is 15.2. The van der Waals surface area contributed by atoms with Gasteiger partial charge in [0, 0.05) is 31.5 Å². The number of hydrogen-bond acceptors (Lipinski definition) is 6. The number of carbonyl (C=O) groups is 1. The molecule has 1 aliphatic heterocycles. The highest BCUT2D eigenvalue weighted by Crippen LogP contribution is 2.44. The molecule has 0 aliphatic carbocycles. The summed E-state index contributed by atoms with van der Waals surface area (Å²) in [4.78, 5) is 32.8. The van der Waals surface area contributed by atoms with Crippen molar-refractivity contribution in [2.24, 2.45) is 0 Å². The van der Waals surface area contributed by atoms with E-state index in [1.165, 1.54) is 4.57 Å². The number of ether oxygens (including phenoxy) is 2. The smallest absolute Gasteiger partial charge is 0.351 e. The molecule has 45 heavy (non-hydrogen) atoms. The molecule has 1 fully saturated rings. The number of aromatic nitrogens is 2. The number of nitrogens with one attached hydrogen (secondary N) is 1. The highest BCUT2D eigenvalue weighted by molar-refractivity contribution is 6.03. The van der Waals surface area contributed by atoms with Gasteiger partial charge in [-0.3, -0.25) is 14.3 Å². The van der Waals surface area contributed by atoms with E-state index in [0.717, 1.165) is 16.7 Å². The van der Waals surface area contributed by atoms with Gasteiger partial charge < -0.3 is 14.8 Å². The van der Waals surface area contributed by atoms with E-state index in [9.17, 15) is 9.59 Å². The first-order chi connectivity index (χ1) is 22.1. The first kappa shape index (κ1) is 30.1. The highest BCUT2D eigenvalue weighted by Gasteiger charge is 2.46. The largest absolute Gasteiger partial charge is 0.379 e. The zero-order valence-electron chi connectivity index (χ0n) is 25.2. The summed E-state index contributed by atoms with van der Waals surface area (Å²) in [5.41, 5.74) is 2.56. The Balaban J connectivity index is 1.42. The average Bonchev–Trinajstić information content (AvgIpc) is 3.09. The molecule has 1 aliphatic rings. The second kappa shape index (κ2) is 13.8. The third-order valence-electron chi connectivity index (χ3n) is 8.12. The number of rotatable bonds is 10. The minimum atomic E-state index is -0.698. The summed E-state index contributed by atoms with van der Waals surface area (Å²) in [5, 5.41) is 2.73. The lowest BCUT2D eigenvalue weighted by molar-refractivity contribution is -0.157. The minimum Gasteiger partial charge on any atom is -0.379 e. The first-order valence-corrected chi connectivity index (χ1v) is 15.2. The number of benzene rings is 4. The molecule has 1 N–H and O–H groups in total. The standard InChI is InChI=1S/C37H36N4O4/c1-2-44-27-32-25-40(26-34(45-32)41-24-23-33(39-36(41)43)38-35(42)28-15-7-3-8-16-28)37(29-17-9-4-10-18-29,30-19-11-5-12-20-30)31-21-13-6-14-22-31/h3-24,32,34H,2,25-27H2,1H3,(H,38,39,42,43)/t32-,34+/m0/s1. The molecule has 0 bridgehead atoms. The van der Waals surface area contributed by atoms with E-state index < -0.39 is 17.5 Å². The maximum atomic E-state index is 13.5. The van der Waals surface area contributed by atoms with Crippen molar-refractivity contribution in [1.29, 1.82) is 0 Å². The SMILES string of the molecule is CCOC[C@@H]1CN(C(c2ccccc2)(c2ccccc2)c2ccccc2)C[C@H](n2ccc(NC(=O)c3ccccc3)nc2=O)O1. The predicted octanol–water partition coefficient (Wildman–Crippen LogP) is 5.72. The Bertz CT molecular complexity index is 1650. The third-order valence-corrected chi connectivity index (χ3v) is 8.12. The summed E-state index contributed by atoms with van der Waals surface area (Å²) < 4.78 is 13.9. The molecule has 0 unspecified atom stereocenters. The van der Waals surface area contributed by atoms with Crippen LogP contribution < -0.4 is 11.0 Å². The van der Waals surface area contributed by atoms with Crippen LogP contribution in [0.1, 0.15) is 40.2 Å². The van der Waals surface area contributed by atoms with E-state index >= 15 is 0 Å². The van der Waals surface area contributed by atoms with Gasteiger partial charge in [0.25, 0.3) is 5.91 Å². The fraction of sp³-hybridized carbons (Fsp3) is 0.216. The maximum absolute atomic E-state index is 13.5. The second-order valence-corrected chi connectivity index (χ2v) is 10.9. The number of amides is 1. The Morgan fingerprint density at radius 1 is 0.822 bits per heavy atom. The number of nitrogens with zero attached hydrogens (tertiary/aromatic N) is 3. The molecular formula is C37H36N4O4. The van der Waals surface area contributed by atoms with Crippen LogP contribution in [0.5, 0.6) is 0 Å². The van der Waals surface area contributed by atoms with Crippen LogP contribution >= 0.6 is 0 Å². The molecule has 8 heteroatoms. The lowest BCUT2D eigenvalue weighted by Crippen LogP contribution is -2.58. The van der Waals surface area contributed by atoms with Gasteiger partial charge in [0.2, 0.25) is 0 Å². The summed E-state index contributed by atoms with van der Waals surface area (Å²) >= 11 is 0. The normalized spacial score (nSPS) is 17.1. The molecule has 5 aromatic rings. The Morgan fingerprint density at radius 3 is 1.87 bits per heavy atom. The van der Waals surface area contributed by atoms with Crippen molar-refractivity contribution in [1.82, 2.24) is 14.5 Å². The van der Waals surface area contributed by atoms with E-state index in [1.54, 1.807) is 36.5 Å². The molecule has 1 aromatic heterocycles. The lowest BCUT2D eigenvalue weighted by atomic mass is 9.75. The van der Waals surface area contributed by atoms with Gasteiger partial charge >= 0.3 is 5.69 Å². The molecule has 1 amide bonds. The average molecular weight is 601 g/mol. The van der Waals surface area contributed by atoms with Crippen LogP contribution in [-0.4, -0.2) is 52.8 Å². The van der Waals surface area contributed by atoms with Crippen molar-refractivity contribution >= 4 is 11.7 Å². The van der Waals surface area contributed by atoms with Crippen LogP contribution in [0.15, 0.2) is 138 Å². The Kier molecular flexibility index (Phi) is 9.26. The summed E-state index contributed by atoms with van der Waals surface area (Å²) in [6.07, 6.45) is 0.638. The van der Waals surface area contributed by atoms with E-state index in [-0.39, 0.29) is 17.8 Å². The fourth-order valence-electron chi connectivity index (χ4n) is 6.15. The van der Waals surface area contributed by atoms with Gasteiger partial charge in [0.05, 0.1) is 18.2 Å². The highest BCUT2D eigenvalue weighted by atomic mass is 16.5. The van der Waals surface area contributed by atoms with Gasteiger partial charge in [0.1, 0.15) is 5.82 Å². The number of carbonyl (C=O) groups excluding carboxylic acids is 1. The van der Waals surface area contributed by atoms with Crippen molar-refractivity contribution < 1.29 is 14.3 Å². The monoisotopic (exact) mass is 600 g/mol. The molecule has 0 radical (unpaired) electrons. The summed E-state index contributed by atoms with van der Waals surface area (Å²) in [6.45, 7) is 3.81. The molecular weight excluding hydrogens is 564 g/mol. The van der Waals surface area contributed by atoms with Crippen LogP contribution in [0.4, 0.5) is 5.82 Å². The zero-order valence-corrected chi connectivity index (χ0v) is 25.2. The van der Waals surface area contributed by atoms with Crippen molar-refractivity contribution in [3.05, 3.63) is 166 Å². The van der Waals surface area contributed by atoms with Gasteiger partial charge in [-0.05, 0) is 41.8 Å². The zero-order chi connectivity index (χ0) is 31.1. The summed E-state index contributed by atoms with van der Waals surface area (Å²) in [6, 6.07) is 41.8. The van der Waals surface area contributed by atoms with E-state index in [0.29, 0.717) is 31.9 Å². The molecule has 0 spiro atoms. The van der Waals surface area contributed by atoms with Gasteiger partial charge in [-0.15, -0.1) is 0 Å². The summed E-state index contributed by atoms with van der Waals surface area (Å²) in [5.74, 6) is -0.161. The number of morpholine rings is 1. The molecule has 2 atom stereocenters. The van der Waals surface area contributed by atoms with Crippen LogP contribution in [0.2, 0.25) is 0 Å². The van der Waals surface area contributed by atoms with Gasteiger partial charge in [0.15, 0.2) is 6.23 Å². The second-order valence-electron chi connectivity index (χ2n) is 10.9. The quantitative estimate of drug-likeness (QED) is 0.206. The van der Waals surface area contributed by atoms with Gasteiger partial charge in [-0.25, -0.2) is 4.79 Å². The van der Waals surface area contributed by atoms with E-state index in [1.807, 2.05) is 31.2 Å². The van der Waals surface area contributed by atoms with Crippen LogP contribution in [0.3, 0.4) is 0 Å². The van der Waals surface area contributed by atoms with Crippen LogP contribution in [0, 0.1) is 0 Å². The van der Waals surface area contributed by atoms with Crippen molar-refractivity contribution in [3.63, 3.8) is 0 Å². The number of anilines is 1. The van der Waals surface area contributed by atoms with E-state index in [4.69, 9.17) is 9.47 Å². The summed E-state index contributed by atoms with van der Waals surface area (Å²) in [7, 11) is 0. The molecule has 6 rings (SSSR count). The molecule has 228 valence electrons.